The number of carbonyl (C=O) groups is 1. The van der Waals surface area contributed by atoms with Crippen LogP contribution >= 0.6 is 0 Å². The number of aryl methyl sites for hydroxylation is 2. The number of nitrogen functional groups attached to an aromatic ring is 1. The van der Waals surface area contributed by atoms with Crippen molar-refractivity contribution in [3.05, 3.63) is 89.4 Å². The van der Waals surface area contributed by atoms with Crippen LogP contribution in [0.5, 0.6) is 28.7 Å². The minimum Gasteiger partial charge on any atom is -0.668 e. The number of nitrogens with two attached hydrogens (primary N) is 1. The lowest BCUT2D eigenvalue weighted by Gasteiger charge is -2.45. The van der Waals surface area contributed by atoms with Crippen LogP contribution in [-0.2, 0) is 29.5 Å². The SMILES string of the molecule is COc1cc(CC[C@@H](O)[C@H](C(=O)CCc2cc(O)c(O)c(OCCCC(C)C)c2)[C@]2(c3ccnc(N)c3)CCC[C@H]2Cc2ccc[n-]2)ccc1O. The number of hydrogen-bond donors (Lipinski definition) is 5. The number of phenolic OH excluding ortho intramolecular Hbond substituents is 3. The van der Waals surface area contributed by atoms with Gasteiger partial charge in [-0.05, 0) is 116 Å². The minimum absolute atomic E-state index is 0.00451. The summed E-state index contributed by atoms with van der Waals surface area (Å²) in [5.41, 5.74) is 8.84. The second kappa shape index (κ2) is 17.0. The van der Waals surface area contributed by atoms with Crippen molar-refractivity contribution in [2.75, 3.05) is 19.5 Å². The van der Waals surface area contributed by atoms with E-state index in [-0.39, 0.29) is 47.5 Å². The van der Waals surface area contributed by atoms with E-state index in [2.05, 4.69) is 23.8 Å². The fraction of sp³-hybridized carbons (Fsp3) is 0.463. The third-order valence-corrected chi connectivity index (χ3v) is 10.5. The van der Waals surface area contributed by atoms with Gasteiger partial charge in [0, 0.05) is 18.0 Å². The molecule has 0 spiro atoms. The highest BCUT2D eigenvalue weighted by Gasteiger charge is 2.54. The number of Topliss-reactive ketones (excluding diaryl/α,β-unsaturated/α-hetero) is 1. The van der Waals surface area contributed by atoms with Gasteiger partial charge in [0.05, 0.1) is 25.7 Å². The monoisotopic (exact) mass is 698 g/mol. The zero-order valence-corrected chi connectivity index (χ0v) is 29.9. The van der Waals surface area contributed by atoms with E-state index >= 15 is 0 Å². The third-order valence-electron chi connectivity index (χ3n) is 10.5. The third kappa shape index (κ3) is 8.97. The number of pyridine rings is 1. The van der Waals surface area contributed by atoms with Crippen molar-refractivity contribution in [1.82, 2.24) is 9.97 Å². The van der Waals surface area contributed by atoms with Gasteiger partial charge in [-0.2, -0.15) is 11.9 Å². The van der Waals surface area contributed by atoms with E-state index in [9.17, 15) is 25.2 Å². The summed E-state index contributed by atoms with van der Waals surface area (Å²) in [7, 11) is 1.49. The number of hydrogen-bond acceptors (Lipinski definition) is 9. The molecule has 1 aliphatic carbocycles. The van der Waals surface area contributed by atoms with Crippen molar-refractivity contribution in [3.63, 3.8) is 0 Å². The fourth-order valence-corrected chi connectivity index (χ4v) is 8.01. The van der Waals surface area contributed by atoms with Crippen molar-refractivity contribution < 1.29 is 34.7 Å². The Morgan fingerprint density at radius 2 is 1.82 bits per heavy atom. The lowest BCUT2D eigenvalue weighted by atomic mass is 9.59. The molecule has 0 unspecified atom stereocenters. The summed E-state index contributed by atoms with van der Waals surface area (Å²) in [5.74, 6) is -0.0961. The second-order valence-electron chi connectivity index (χ2n) is 14.3. The first kappa shape index (κ1) is 37.6. The van der Waals surface area contributed by atoms with Crippen LogP contribution in [0.1, 0.15) is 81.2 Å². The van der Waals surface area contributed by atoms with Gasteiger partial charge in [-0.3, -0.25) is 4.79 Å². The molecule has 1 aliphatic rings. The van der Waals surface area contributed by atoms with Gasteiger partial charge in [0.2, 0.25) is 5.75 Å². The van der Waals surface area contributed by atoms with Gasteiger partial charge in [0.1, 0.15) is 11.6 Å². The van der Waals surface area contributed by atoms with E-state index in [1.165, 1.54) is 13.2 Å². The summed E-state index contributed by atoms with van der Waals surface area (Å²) in [6.45, 7) is 4.66. The number of aromatic nitrogens is 2. The van der Waals surface area contributed by atoms with Crippen LogP contribution in [0.25, 0.3) is 0 Å². The molecule has 10 nitrogen and oxygen atoms in total. The average Bonchev–Trinajstić information content (AvgIpc) is 3.78. The molecule has 1 saturated carbocycles. The molecule has 0 bridgehead atoms. The molecule has 0 saturated heterocycles. The number of aliphatic hydroxyl groups excluding tert-OH is 1. The molecule has 4 atom stereocenters. The summed E-state index contributed by atoms with van der Waals surface area (Å²) in [6.07, 6.45) is 8.35. The molecule has 274 valence electrons. The molecule has 0 aliphatic heterocycles. The Labute approximate surface area is 300 Å². The number of aromatic hydroxyl groups is 3. The Balaban J connectivity index is 1.48. The average molecular weight is 699 g/mol. The maximum absolute atomic E-state index is 14.8. The lowest BCUT2D eigenvalue weighted by Crippen LogP contribution is -2.49. The smallest absolute Gasteiger partial charge is 0.200 e. The quantitative estimate of drug-likeness (QED) is 0.0560. The summed E-state index contributed by atoms with van der Waals surface area (Å²) < 4.78 is 11.2. The number of anilines is 1. The number of benzene rings is 2. The summed E-state index contributed by atoms with van der Waals surface area (Å²) >= 11 is 0. The predicted molar refractivity (Wildman–Crippen MR) is 196 cm³/mol. The number of phenols is 3. The standard InChI is InChI=1S/C41H52N3O7/c1-26(2)7-6-20-51-37-23-28(21-35(48)40(37)49)12-15-34(47)39(33(46)14-11-27-10-13-32(45)36(22-27)50-3)41(30-16-19-44-38(42)25-30)17-4-8-29(41)24-31-9-5-18-43-31/h5,9-10,13,16,18-19,21-23,25-26,29,33,39,45-46,48-49H,4,6-8,11-12,14-15,17,20,24H2,1-3H3,(H2,42,44)/q-1/t29-,33+,39+,41+/m0/s1. The molecule has 10 heteroatoms. The number of methoxy groups -OCH3 is 1. The summed E-state index contributed by atoms with van der Waals surface area (Å²) in [5, 5.41) is 43.5. The van der Waals surface area contributed by atoms with E-state index in [1.54, 1.807) is 36.7 Å². The van der Waals surface area contributed by atoms with Gasteiger partial charge >= 0.3 is 0 Å². The van der Waals surface area contributed by atoms with Crippen molar-refractivity contribution >= 4 is 11.6 Å². The Kier molecular flexibility index (Phi) is 12.5. The van der Waals surface area contributed by atoms with E-state index in [1.807, 2.05) is 24.3 Å². The minimum atomic E-state index is -1.02. The van der Waals surface area contributed by atoms with Gasteiger partial charge in [-0.15, -0.1) is 0 Å². The molecular weight excluding hydrogens is 646 g/mol. The van der Waals surface area contributed by atoms with Crippen LogP contribution in [0.15, 0.2) is 67.0 Å². The van der Waals surface area contributed by atoms with E-state index in [4.69, 9.17) is 15.2 Å². The molecular formula is C41H52N3O7-. The van der Waals surface area contributed by atoms with Crippen LogP contribution in [0.2, 0.25) is 0 Å². The normalized spacial score (nSPS) is 18.5. The molecule has 2 aromatic heterocycles. The van der Waals surface area contributed by atoms with E-state index < -0.39 is 17.4 Å². The van der Waals surface area contributed by atoms with Crippen molar-refractivity contribution in [1.29, 1.82) is 0 Å². The molecule has 2 heterocycles. The van der Waals surface area contributed by atoms with Gasteiger partial charge in [0.15, 0.2) is 23.0 Å². The van der Waals surface area contributed by atoms with Crippen molar-refractivity contribution in [2.24, 2.45) is 17.8 Å². The van der Waals surface area contributed by atoms with Crippen LogP contribution in [-0.4, -0.2) is 51.0 Å². The maximum Gasteiger partial charge on any atom is 0.200 e. The van der Waals surface area contributed by atoms with Gasteiger partial charge in [-0.1, -0.05) is 38.5 Å². The molecule has 51 heavy (non-hydrogen) atoms. The number of aliphatic hydroxyl groups is 1. The first-order valence-electron chi connectivity index (χ1n) is 18.0. The zero-order chi connectivity index (χ0) is 36.5. The van der Waals surface area contributed by atoms with Gasteiger partial charge in [-0.25, -0.2) is 4.98 Å². The fourth-order valence-electron chi connectivity index (χ4n) is 8.01. The zero-order valence-electron chi connectivity index (χ0n) is 29.9. The lowest BCUT2D eigenvalue weighted by molar-refractivity contribution is -0.131. The first-order valence-corrected chi connectivity index (χ1v) is 18.0. The highest BCUT2D eigenvalue weighted by Crippen LogP contribution is 2.54. The Morgan fingerprint density at radius 3 is 2.55 bits per heavy atom. The topological polar surface area (TPSA) is 169 Å². The highest BCUT2D eigenvalue weighted by atomic mass is 16.5. The van der Waals surface area contributed by atoms with Crippen LogP contribution in [0.3, 0.4) is 0 Å². The predicted octanol–water partition coefficient (Wildman–Crippen LogP) is 6.65. The maximum atomic E-state index is 14.8. The number of ketones is 1. The highest BCUT2D eigenvalue weighted by molar-refractivity contribution is 5.84. The van der Waals surface area contributed by atoms with Crippen LogP contribution < -0.4 is 20.2 Å². The number of rotatable bonds is 18. The van der Waals surface area contributed by atoms with Crippen molar-refractivity contribution in [3.8, 4) is 28.7 Å². The van der Waals surface area contributed by atoms with E-state index in [0.717, 1.165) is 42.5 Å². The first-order chi connectivity index (χ1) is 24.5. The van der Waals surface area contributed by atoms with Crippen LogP contribution in [0.4, 0.5) is 5.82 Å². The molecule has 4 aromatic rings. The molecule has 6 N–H and O–H groups in total. The molecule has 5 rings (SSSR count). The van der Waals surface area contributed by atoms with E-state index in [0.29, 0.717) is 55.3 Å². The number of ether oxygens (including phenoxy) is 2. The van der Waals surface area contributed by atoms with Crippen molar-refractivity contribution in [2.45, 2.75) is 89.6 Å². The summed E-state index contributed by atoms with van der Waals surface area (Å²) in [6, 6.07) is 15.9. The number of nitrogens with zero attached hydrogens (tertiary/aromatic N) is 2. The van der Waals surface area contributed by atoms with Gasteiger partial charge < -0.3 is 40.6 Å². The molecule has 2 aromatic carbocycles. The molecule has 1 fully saturated rings. The second-order valence-corrected chi connectivity index (χ2v) is 14.3. The molecule has 0 amide bonds. The Morgan fingerprint density at radius 1 is 1.02 bits per heavy atom. The largest absolute Gasteiger partial charge is 0.668 e. The van der Waals surface area contributed by atoms with Crippen LogP contribution in [0, 0.1) is 17.8 Å². The summed E-state index contributed by atoms with van der Waals surface area (Å²) in [4.78, 5) is 23.6. The number of carbonyl (C=O) groups excluding carboxylic acids is 1. The Hall–Kier alpha value is -4.70. The Bertz CT molecular complexity index is 1740. The molecule has 0 radical (unpaired) electrons. The van der Waals surface area contributed by atoms with Gasteiger partial charge in [0.25, 0.3) is 0 Å².